The zero-order chi connectivity index (χ0) is 21.2. The van der Waals surface area contributed by atoms with E-state index in [0.29, 0.717) is 17.1 Å². The van der Waals surface area contributed by atoms with Crippen molar-refractivity contribution in [1.29, 1.82) is 0 Å². The summed E-state index contributed by atoms with van der Waals surface area (Å²) < 4.78 is 53.7. The fraction of sp³-hybridized carbons (Fsp3) is 0.211. The lowest BCUT2D eigenvalue weighted by Gasteiger charge is -2.13. The lowest BCUT2D eigenvalue weighted by Crippen LogP contribution is -2.16. The van der Waals surface area contributed by atoms with Crippen LogP contribution in [0.5, 0.6) is 11.5 Å². The molecule has 0 unspecified atom stereocenters. The van der Waals surface area contributed by atoms with Gasteiger partial charge in [-0.05, 0) is 17.7 Å². The number of benzene rings is 2. The summed E-state index contributed by atoms with van der Waals surface area (Å²) >= 11 is 0. The minimum atomic E-state index is -4.21. The van der Waals surface area contributed by atoms with Gasteiger partial charge in [0.1, 0.15) is 17.3 Å². The normalized spacial score (nSPS) is 19.8. The molecule has 0 bridgehead atoms. The molecule has 0 fully saturated rings. The largest absolute Gasteiger partial charge is 0.497 e. The highest BCUT2D eigenvalue weighted by Crippen LogP contribution is 2.36. The van der Waals surface area contributed by atoms with Gasteiger partial charge in [-0.25, -0.2) is 0 Å². The zero-order valence-electron chi connectivity index (χ0n) is 16.2. The van der Waals surface area contributed by atoms with Crippen molar-refractivity contribution < 1.29 is 33.0 Å². The van der Waals surface area contributed by atoms with Crippen LogP contribution in [-0.4, -0.2) is 28.4 Å². The molecule has 1 heterocycles. The highest BCUT2D eigenvalue weighted by Gasteiger charge is 2.40. The Kier molecular flexibility index (Phi) is 5.07. The lowest BCUT2D eigenvalue weighted by atomic mass is 10.1. The van der Waals surface area contributed by atoms with Crippen molar-refractivity contribution in [3.05, 3.63) is 71.3 Å². The number of carbonyl (C=O) groups excluding carboxylic acids is 1. The summed E-state index contributed by atoms with van der Waals surface area (Å²) in [6.45, 7) is 0. The number of ketones is 1. The van der Waals surface area contributed by atoms with Crippen molar-refractivity contribution in [1.82, 2.24) is 0 Å². The molecule has 3 rings (SSSR count). The molecule has 148 valence electrons. The summed E-state index contributed by atoms with van der Waals surface area (Å²) in [4.78, 5) is 12.8. The van der Waals surface area contributed by atoms with E-state index in [2.05, 4.69) is 0 Å². The molecule has 8 nitrogen and oxygen atoms in total. The first-order chi connectivity index (χ1) is 13.7. The molecule has 0 aliphatic carbocycles. The van der Waals surface area contributed by atoms with Gasteiger partial charge in [0.25, 0.3) is 0 Å². The van der Waals surface area contributed by atoms with Crippen LogP contribution in [0, 0.1) is 0 Å². The van der Waals surface area contributed by atoms with E-state index in [0.717, 1.165) is 0 Å². The average molecular weight is 406 g/mol. The number of methoxy groups -OCH3 is 2. The van der Waals surface area contributed by atoms with E-state index < -0.39 is 39.4 Å². The van der Waals surface area contributed by atoms with Crippen molar-refractivity contribution in [2.75, 3.05) is 14.2 Å². The number of carbonyl (C=O) groups is 1. The van der Waals surface area contributed by atoms with Crippen molar-refractivity contribution in [2.45, 2.75) is 11.8 Å². The SMILES string of the molecule is [2H][C@]1(c2cc(OC)cc(OC)c2)OC(N)=C(OS(=O)(=O)Cc2ccccc2)C1=O. The van der Waals surface area contributed by atoms with Crippen LogP contribution in [0.1, 0.15) is 18.6 Å². The Balaban J connectivity index is 1.89. The molecule has 2 aromatic carbocycles. The van der Waals surface area contributed by atoms with Gasteiger partial charge in [0.05, 0.1) is 15.6 Å². The molecular formula is C19H19NO7S. The fourth-order valence-electron chi connectivity index (χ4n) is 2.56. The average Bonchev–Trinajstić information content (AvgIpc) is 2.91. The minimum Gasteiger partial charge on any atom is -0.497 e. The van der Waals surface area contributed by atoms with Crippen LogP contribution in [0.25, 0.3) is 0 Å². The molecule has 1 aliphatic heterocycles. The van der Waals surface area contributed by atoms with Crippen molar-refractivity contribution in [3.8, 4) is 11.5 Å². The zero-order valence-corrected chi connectivity index (χ0v) is 16.0. The number of hydrogen-bond donors (Lipinski definition) is 1. The number of rotatable bonds is 7. The molecule has 0 radical (unpaired) electrons. The van der Waals surface area contributed by atoms with Crippen LogP contribution in [0.3, 0.4) is 0 Å². The van der Waals surface area contributed by atoms with Crippen LogP contribution < -0.4 is 15.2 Å². The first-order valence-electron chi connectivity index (χ1n) is 8.61. The van der Waals surface area contributed by atoms with Gasteiger partial charge >= 0.3 is 10.1 Å². The number of ether oxygens (including phenoxy) is 3. The highest BCUT2D eigenvalue weighted by molar-refractivity contribution is 7.86. The van der Waals surface area contributed by atoms with Crippen LogP contribution in [0.4, 0.5) is 0 Å². The van der Waals surface area contributed by atoms with Crippen molar-refractivity contribution in [2.24, 2.45) is 5.73 Å². The molecule has 0 saturated carbocycles. The van der Waals surface area contributed by atoms with E-state index in [4.69, 9.17) is 25.5 Å². The molecule has 0 saturated heterocycles. The van der Waals surface area contributed by atoms with E-state index in [1.165, 1.54) is 26.4 Å². The molecular weight excluding hydrogens is 386 g/mol. The summed E-state index contributed by atoms with van der Waals surface area (Å²) in [5.74, 6) is -2.24. The van der Waals surface area contributed by atoms with Crippen molar-refractivity contribution >= 4 is 15.9 Å². The summed E-state index contributed by atoms with van der Waals surface area (Å²) in [6, 6.07) is 12.6. The lowest BCUT2D eigenvalue weighted by molar-refractivity contribution is -0.123. The predicted octanol–water partition coefficient (Wildman–Crippen LogP) is 2.02. The van der Waals surface area contributed by atoms with Gasteiger partial charge in [-0.3, -0.25) is 4.79 Å². The molecule has 9 heteroatoms. The van der Waals surface area contributed by atoms with Crippen molar-refractivity contribution in [3.63, 3.8) is 0 Å². The fourth-order valence-corrected chi connectivity index (χ4v) is 3.63. The Labute approximate surface area is 164 Å². The smallest absolute Gasteiger partial charge is 0.313 e. The topological polar surface area (TPSA) is 114 Å². The molecule has 1 atom stereocenters. The van der Waals surface area contributed by atoms with Gasteiger partial charge in [-0.2, -0.15) is 8.42 Å². The van der Waals surface area contributed by atoms with Crippen LogP contribution in [0.15, 0.2) is 60.2 Å². The number of hydrogen-bond acceptors (Lipinski definition) is 8. The van der Waals surface area contributed by atoms with E-state index in [-0.39, 0.29) is 5.56 Å². The summed E-state index contributed by atoms with van der Waals surface area (Å²) in [6.07, 6.45) is -2.34. The third-order valence-electron chi connectivity index (χ3n) is 3.86. The highest BCUT2D eigenvalue weighted by atomic mass is 32.2. The van der Waals surface area contributed by atoms with E-state index in [9.17, 15) is 13.2 Å². The Bertz CT molecular complexity index is 1050. The first kappa shape index (κ1) is 18.2. The Morgan fingerprint density at radius 1 is 1.11 bits per heavy atom. The second-order valence-electron chi connectivity index (χ2n) is 5.83. The molecule has 1 aliphatic rings. The first-order valence-corrected chi connectivity index (χ1v) is 9.69. The molecule has 0 amide bonds. The third kappa shape index (κ3) is 4.20. The second-order valence-corrected chi connectivity index (χ2v) is 7.40. The minimum absolute atomic E-state index is 0.0423. The summed E-state index contributed by atoms with van der Waals surface area (Å²) in [5.41, 5.74) is 6.20. The molecule has 28 heavy (non-hydrogen) atoms. The maximum absolute atomic E-state index is 12.8. The van der Waals surface area contributed by atoms with Gasteiger partial charge in [0.15, 0.2) is 6.08 Å². The van der Waals surface area contributed by atoms with Gasteiger partial charge < -0.3 is 24.1 Å². The van der Waals surface area contributed by atoms with Crippen LogP contribution >= 0.6 is 0 Å². The Hall–Kier alpha value is -3.20. The van der Waals surface area contributed by atoms with E-state index in [1.807, 2.05) is 0 Å². The van der Waals surface area contributed by atoms with Crippen LogP contribution in [0.2, 0.25) is 0 Å². The van der Waals surface area contributed by atoms with Gasteiger partial charge in [0, 0.05) is 11.6 Å². The van der Waals surface area contributed by atoms with E-state index >= 15 is 0 Å². The molecule has 2 aromatic rings. The third-order valence-corrected chi connectivity index (χ3v) is 4.97. The Morgan fingerprint density at radius 3 is 2.29 bits per heavy atom. The summed E-state index contributed by atoms with van der Waals surface area (Å²) in [5, 5.41) is 0. The van der Waals surface area contributed by atoms with Gasteiger partial charge in [0.2, 0.25) is 17.4 Å². The van der Waals surface area contributed by atoms with Gasteiger partial charge in [-0.15, -0.1) is 0 Å². The number of nitrogens with two attached hydrogens (primary N) is 1. The standard InChI is InChI=1S/C19H19NO7S/c1-24-14-8-13(9-15(10-14)25-2)17-16(21)18(19(20)26-17)27-28(22,23)11-12-6-4-3-5-7-12/h3-10,17H,11,20H2,1-2H3/t17-/m1/s1/i17D. The number of Topliss-reactive ketones (excluding diaryl/α,β-unsaturated/α-hetero) is 1. The quantitative estimate of drug-likeness (QED) is 0.695. The van der Waals surface area contributed by atoms with E-state index in [1.54, 1.807) is 36.4 Å². The van der Waals surface area contributed by atoms with Gasteiger partial charge in [-0.1, -0.05) is 30.3 Å². The maximum Gasteiger partial charge on any atom is 0.313 e. The second kappa shape index (κ2) is 7.81. The monoisotopic (exact) mass is 406 g/mol. The Morgan fingerprint density at radius 2 is 1.71 bits per heavy atom. The van der Waals surface area contributed by atoms with Crippen LogP contribution in [-0.2, 0) is 29.6 Å². The molecule has 0 aromatic heterocycles. The maximum atomic E-state index is 12.8. The summed E-state index contributed by atoms with van der Waals surface area (Å²) in [7, 11) is -1.40. The molecule has 0 spiro atoms. The molecule has 2 N–H and O–H groups in total. The predicted molar refractivity (Wildman–Crippen MR) is 99.7 cm³/mol.